The van der Waals surface area contributed by atoms with E-state index in [0.717, 1.165) is 4.90 Å². The van der Waals surface area contributed by atoms with E-state index in [1.165, 1.54) is 0 Å². The van der Waals surface area contributed by atoms with E-state index in [9.17, 15) is 19.5 Å². The van der Waals surface area contributed by atoms with Gasteiger partial charge in [0.1, 0.15) is 12.1 Å². The Balaban J connectivity index is 2.78. The predicted molar refractivity (Wildman–Crippen MR) is 61.8 cm³/mol. The summed E-state index contributed by atoms with van der Waals surface area (Å²) in [4.78, 5) is 35.0. The molecule has 1 unspecified atom stereocenters. The van der Waals surface area contributed by atoms with Gasteiger partial charge in [-0.2, -0.15) is 0 Å². The lowest BCUT2D eigenvalue weighted by molar-refractivity contribution is -0.149. The SMILES string of the molecule is NCC(=O)NC(CO)C(=O)N1C[C@H](O)C[C@H]1C(=O)O. The Morgan fingerprint density at radius 2 is 2.05 bits per heavy atom. The van der Waals surface area contributed by atoms with Crippen molar-refractivity contribution in [3.05, 3.63) is 0 Å². The van der Waals surface area contributed by atoms with Crippen LogP contribution in [-0.2, 0) is 14.4 Å². The summed E-state index contributed by atoms with van der Waals surface area (Å²) in [6.07, 6.45) is -1.01. The zero-order valence-corrected chi connectivity index (χ0v) is 10.2. The third-order valence-electron chi connectivity index (χ3n) is 2.85. The van der Waals surface area contributed by atoms with Gasteiger partial charge in [-0.25, -0.2) is 4.79 Å². The number of likely N-dealkylation sites (tertiary alicyclic amines) is 1. The highest BCUT2D eigenvalue weighted by atomic mass is 16.4. The number of carboxylic acids is 1. The number of aliphatic hydroxyl groups excluding tert-OH is 2. The molecule has 9 nitrogen and oxygen atoms in total. The lowest BCUT2D eigenvalue weighted by atomic mass is 10.2. The van der Waals surface area contributed by atoms with Gasteiger partial charge in [-0.1, -0.05) is 0 Å². The fraction of sp³-hybridized carbons (Fsp3) is 0.700. The molecule has 3 atom stereocenters. The minimum absolute atomic E-state index is 0.0793. The maximum absolute atomic E-state index is 12.0. The standard InChI is InChI=1S/C10H17N3O6/c11-2-8(16)12-6(4-14)9(17)13-3-5(15)1-7(13)10(18)19/h5-7,14-15H,1-4,11H2,(H,12,16)(H,18,19)/t5-,6?,7+/m1/s1. The summed E-state index contributed by atoms with van der Waals surface area (Å²) in [6, 6.07) is -2.42. The molecule has 0 aliphatic carbocycles. The van der Waals surface area contributed by atoms with Crippen LogP contribution in [0, 0.1) is 0 Å². The summed E-state index contributed by atoms with van der Waals surface area (Å²) in [6.45, 7) is -1.18. The van der Waals surface area contributed by atoms with Crippen LogP contribution >= 0.6 is 0 Å². The highest BCUT2D eigenvalue weighted by molar-refractivity contribution is 5.91. The zero-order chi connectivity index (χ0) is 14.6. The van der Waals surface area contributed by atoms with Crippen LogP contribution in [0.15, 0.2) is 0 Å². The normalized spacial score (nSPS) is 24.1. The molecule has 108 valence electrons. The number of carboxylic acid groups (broad SMARTS) is 1. The molecule has 0 radical (unpaired) electrons. The number of nitrogens with zero attached hydrogens (tertiary/aromatic N) is 1. The molecule has 0 aromatic rings. The van der Waals surface area contributed by atoms with Crippen LogP contribution in [-0.4, -0.2) is 75.9 Å². The number of β-amino-alcohol motifs (C(OH)–C–C–N with tert-alkyl or cyclic N) is 1. The topological polar surface area (TPSA) is 153 Å². The molecule has 6 N–H and O–H groups in total. The van der Waals surface area contributed by atoms with Gasteiger partial charge in [0.25, 0.3) is 0 Å². The van der Waals surface area contributed by atoms with E-state index in [1.807, 2.05) is 0 Å². The molecule has 0 aromatic carbocycles. The molecule has 1 heterocycles. The molecule has 1 saturated heterocycles. The Bertz CT molecular complexity index is 374. The van der Waals surface area contributed by atoms with Crippen molar-refractivity contribution in [3.63, 3.8) is 0 Å². The Hall–Kier alpha value is -1.71. The van der Waals surface area contributed by atoms with E-state index in [1.54, 1.807) is 0 Å². The fourth-order valence-electron chi connectivity index (χ4n) is 1.93. The number of nitrogens with one attached hydrogen (secondary N) is 1. The van der Waals surface area contributed by atoms with Crippen LogP contribution in [0.2, 0.25) is 0 Å². The summed E-state index contributed by atoms with van der Waals surface area (Å²) < 4.78 is 0. The number of carbonyl (C=O) groups excluding carboxylic acids is 2. The number of amides is 2. The van der Waals surface area contributed by atoms with Crippen molar-refractivity contribution < 1.29 is 29.7 Å². The van der Waals surface area contributed by atoms with E-state index < -0.39 is 42.6 Å². The van der Waals surface area contributed by atoms with Gasteiger partial charge in [0.15, 0.2) is 0 Å². The van der Waals surface area contributed by atoms with E-state index in [2.05, 4.69) is 5.32 Å². The van der Waals surface area contributed by atoms with Gasteiger partial charge in [-0.05, 0) is 0 Å². The second kappa shape index (κ2) is 6.45. The van der Waals surface area contributed by atoms with E-state index in [4.69, 9.17) is 15.9 Å². The molecule has 0 aromatic heterocycles. The average Bonchev–Trinajstić information content (AvgIpc) is 2.77. The van der Waals surface area contributed by atoms with Gasteiger partial charge in [-0.3, -0.25) is 9.59 Å². The Labute approximate surface area is 109 Å². The number of carbonyl (C=O) groups is 3. The van der Waals surface area contributed by atoms with Crippen molar-refractivity contribution in [2.45, 2.75) is 24.6 Å². The number of aliphatic hydroxyl groups is 2. The van der Waals surface area contributed by atoms with Gasteiger partial charge < -0.3 is 31.3 Å². The molecule has 1 aliphatic rings. The van der Waals surface area contributed by atoms with Crippen molar-refractivity contribution in [2.24, 2.45) is 5.73 Å². The largest absolute Gasteiger partial charge is 0.480 e. The molecule has 1 fully saturated rings. The molecular formula is C10H17N3O6. The van der Waals surface area contributed by atoms with Crippen molar-refractivity contribution >= 4 is 17.8 Å². The molecule has 1 rings (SSSR count). The quantitative estimate of drug-likeness (QED) is 0.348. The number of nitrogens with two attached hydrogens (primary N) is 1. The molecule has 1 aliphatic heterocycles. The van der Waals surface area contributed by atoms with Crippen molar-refractivity contribution in [2.75, 3.05) is 19.7 Å². The lowest BCUT2D eigenvalue weighted by Gasteiger charge is -2.26. The predicted octanol–water partition coefficient (Wildman–Crippen LogP) is -3.53. The molecular weight excluding hydrogens is 258 g/mol. The van der Waals surface area contributed by atoms with Crippen LogP contribution in [0.1, 0.15) is 6.42 Å². The Kier molecular flexibility index (Phi) is 5.21. The smallest absolute Gasteiger partial charge is 0.326 e. The maximum Gasteiger partial charge on any atom is 0.326 e. The molecule has 19 heavy (non-hydrogen) atoms. The zero-order valence-electron chi connectivity index (χ0n) is 10.2. The van der Waals surface area contributed by atoms with E-state index >= 15 is 0 Å². The Morgan fingerprint density at radius 3 is 2.53 bits per heavy atom. The first-order valence-electron chi connectivity index (χ1n) is 5.72. The fourth-order valence-corrected chi connectivity index (χ4v) is 1.93. The third kappa shape index (κ3) is 3.63. The summed E-state index contributed by atoms with van der Waals surface area (Å²) in [7, 11) is 0. The maximum atomic E-state index is 12.0. The van der Waals surface area contributed by atoms with Crippen molar-refractivity contribution in [1.29, 1.82) is 0 Å². The van der Waals surface area contributed by atoms with Crippen LogP contribution < -0.4 is 11.1 Å². The number of rotatable bonds is 5. The lowest BCUT2D eigenvalue weighted by Crippen LogP contribution is -2.54. The first kappa shape index (κ1) is 15.3. The monoisotopic (exact) mass is 275 g/mol. The van der Waals surface area contributed by atoms with Gasteiger partial charge in [-0.15, -0.1) is 0 Å². The minimum Gasteiger partial charge on any atom is -0.480 e. The highest BCUT2D eigenvalue weighted by Gasteiger charge is 2.41. The van der Waals surface area contributed by atoms with E-state index in [-0.39, 0.29) is 19.5 Å². The van der Waals surface area contributed by atoms with E-state index in [0.29, 0.717) is 0 Å². The van der Waals surface area contributed by atoms with Gasteiger partial charge in [0.2, 0.25) is 11.8 Å². The van der Waals surface area contributed by atoms with Crippen LogP contribution in [0.25, 0.3) is 0 Å². The second-order valence-corrected chi connectivity index (χ2v) is 4.24. The summed E-state index contributed by atoms with van der Waals surface area (Å²) >= 11 is 0. The van der Waals surface area contributed by atoms with Gasteiger partial charge >= 0.3 is 5.97 Å². The summed E-state index contributed by atoms with van der Waals surface area (Å²) in [5, 5.41) is 29.6. The van der Waals surface area contributed by atoms with Crippen LogP contribution in [0.5, 0.6) is 0 Å². The molecule has 2 amide bonds. The van der Waals surface area contributed by atoms with Crippen LogP contribution in [0.4, 0.5) is 0 Å². The molecule has 0 spiro atoms. The first-order valence-corrected chi connectivity index (χ1v) is 5.72. The average molecular weight is 275 g/mol. The van der Waals surface area contributed by atoms with Gasteiger partial charge in [0, 0.05) is 13.0 Å². The molecule has 0 saturated carbocycles. The summed E-state index contributed by atoms with van der Waals surface area (Å²) in [5.74, 6) is -2.64. The minimum atomic E-state index is -1.26. The third-order valence-corrected chi connectivity index (χ3v) is 2.85. The Morgan fingerprint density at radius 1 is 1.42 bits per heavy atom. The number of hydrogen-bond donors (Lipinski definition) is 5. The molecule has 9 heteroatoms. The highest BCUT2D eigenvalue weighted by Crippen LogP contribution is 2.19. The van der Waals surface area contributed by atoms with Crippen molar-refractivity contribution in [3.8, 4) is 0 Å². The first-order chi connectivity index (χ1) is 8.90. The van der Waals surface area contributed by atoms with Crippen LogP contribution in [0.3, 0.4) is 0 Å². The van der Waals surface area contributed by atoms with Crippen molar-refractivity contribution in [1.82, 2.24) is 10.2 Å². The molecule has 0 bridgehead atoms. The van der Waals surface area contributed by atoms with Gasteiger partial charge in [0.05, 0.1) is 19.3 Å². The summed E-state index contributed by atoms with van der Waals surface area (Å²) in [5.41, 5.74) is 5.07. The second-order valence-electron chi connectivity index (χ2n) is 4.24. The number of aliphatic carboxylic acids is 1. The number of hydrogen-bond acceptors (Lipinski definition) is 6.